The molecule has 2 aromatic heterocycles. The molecule has 0 bridgehead atoms. The molecule has 0 saturated carbocycles. The first-order chi connectivity index (χ1) is 14.3. The van der Waals surface area contributed by atoms with Crippen LogP contribution in [0.25, 0.3) is 0 Å². The predicted octanol–water partition coefficient (Wildman–Crippen LogP) is 5.63. The van der Waals surface area contributed by atoms with Crippen molar-refractivity contribution in [3.05, 3.63) is 89.7 Å². The van der Waals surface area contributed by atoms with E-state index in [0.717, 1.165) is 10.6 Å². The lowest BCUT2D eigenvalue weighted by molar-refractivity contribution is 0.101. The third-order valence-electron chi connectivity index (χ3n) is 3.78. The molecule has 0 aliphatic carbocycles. The van der Waals surface area contributed by atoms with Crippen LogP contribution in [0.2, 0.25) is 0 Å². The van der Waals surface area contributed by atoms with Crippen LogP contribution in [0.15, 0.2) is 93.4 Å². The Morgan fingerprint density at radius 2 is 1.76 bits per heavy atom. The van der Waals surface area contributed by atoms with E-state index in [1.165, 1.54) is 40.4 Å². The third-order valence-corrected chi connectivity index (χ3v) is 6.43. The minimum Gasteiger partial charge on any atom is -0.296 e. The molecule has 5 nitrogen and oxygen atoms in total. The Morgan fingerprint density at radius 3 is 2.48 bits per heavy atom. The summed E-state index contributed by atoms with van der Waals surface area (Å²) >= 11 is 4.34. The molecule has 0 aliphatic heterocycles. The monoisotopic (exact) mass is 436 g/mol. The zero-order chi connectivity index (χ0) is 19.9. The van der Waals surface area contributed by atoms with Gasteiger partial charge in [-0.25, -0.2) is 15.0 Å². The van der Waals surface area contributed by atoms with Gasteiger partial charge in [0.25, 0.3) is 5.91 Å². The summed E-state index contributed by atoms with van der Waals surface area (Å²) in [6.45, 7) is 0. The molecule has 29 heavy (non-hydrogen) atoms. The van der Waals surface area contributed by atoms with Crippen molar-refractivity contribution < 1.29 is 4.79 Å². The van der Waals surface area contributed by atoms with Crippen molar-refractivity contribution in [2.45, 2.75) is 20.7 Å². The molecule has 2 aromatic carbocycles. The van der Waals surface area contributed by atoms with Crippen molar-refractivity contribution in [3.8, 4) is 0 Å². The molecule has 1 N–H and O–H groups in total. The summed E-state index contributed by atoms with van der Waals surface area (Å²) in [6.07, 6.45) is 3.37. The Bertz CT molecular complexity index is 1070. The maximum Gasteiger partial charge on any atom is 0.277 e. The van der Waals surface area contributed by atoms with Crippen LogP contribution in [0.5, 0.6) is 0 Å². The number of thiazole rings is 1. The minimum atomic E-state index is -0.289. The summed E-state index contributed by atoms with van der Waals surface area (Å²) in [4.78, 5) is 27.8. The van der Waals surface area contributed by atoms with E-state index in [-0.39, 0.29) is 5.91 Å². The van der Waals surface area contributed by atoms with E-state index in [9.17, 15) is 4.79 Å². The van der Waals surface area contributed by atoms with Gasteiger partial charge < -0.3 is 0 Å². The summed E-state index contributed by atoms with van der Waals surface area (Å²) < 4.78 is 0. The topological polar surface area (TPSA) is 67.8 Å². The standard InChI is InChI=1S/C21H16N4OS3/c26-19(25-20-22-11-12-27-20)18-17(29-16-9-5-2-6-10-16)13-23-21(24-18)28-14-15-7-3-1-4-8-15/h1-13H,14H2,(H,22,25,26). The van der Waals surface area contributed by atoms with Crippen molar-refractivity contribution in [3.63, 3.8) is 0 Å². The van der Waals surface area contributed by atoms with Gasteiger partial charge in [-0.15, -0.1) is 11.3 Å². The number of nitrogens with one attached hydrogen (secondary N) is 1. The van der Waals surface area contributed by atoms with Crippen LogP contribution in [0, 0.1) is 0 Å². The first kappa shape index (κ1) is 19.6. The number of carbonyl (C=O) groups excluding carboxylic acids is 1. The van der Waals surface area contributed by atoms with Crippen molar-refractivity contribution in [2.75, 3.05) is 5.32 Å². The number of thioether (sulfide) groups is 1. The molecule has 0 radical (unpaired) electrons. The second-order valence-electron chi connectivity index (χ2n) is 5.85. The number of aromatic nitrogens is 3. The van der Waals surface area contributed by atoms with Crippen LogP contribution < -0.4 is 5.32 Å². The Labute approximate surface area is 181 Å². The van der Waals surface area contributed by atoms with Gasteiger partial charge in [0.1, 0.15) is 5.69 Å². The lowest BCUT2D eigenvalue weighted by Gasteiger charge is -2.09. The van der Waals surface area contributed by atoms with Gasteiger partial charge in [-0.2, -0.15) is 0 Å². The van der Waals surface area contributed by atoms with Crippen molar-refractivity contribution in [1.82, 2.24) is 15.0 Å². The molecule has 4 aromatic rings. The second kappa shape index (κ2) is 9.69. The van der Waals surface area contributed by atoms with Crippen LogP contribution in [-0.2, 0) is 5.75 Å². The first-order valence-electron chi connectivity index (χ1n) is 8.75. The number of benzene rings is 2. The Kier molecular flexibility index (Phi) is 6.56. The molecule has 1 amide bonds. The van der Waals surface area contributed by atoms with Crippen LogP contribution in [0.3, 0.4) is 0 Å². The molecular formula is C21H16N4OS3. The normalized spacial score (nSPS) is 10.6. The van der Waals surface area contributed by atoms with E-state index < -0.39 is 0 Å². The largest absolute Gasteiger partial charge is 0.296 e. The zero-order valence-corrected chi connectivity index (χ0v) is 17.6. The quantitative estimate of drug-likeness (QED) is 0.299. The smallest absolute Gasteiger partial charge is 0.277 e. The van der Waals surface area contributed by atoms with Gasteiger partial charge in [0.15, 0.2) is 10.3 Å². The Morgan fingerprint density at radius 1 is 1.00 bits per heavy atom. The highest BCUT2D eigenvalue weighted by Crippen LogP contribution is 2.31. The molecule has 4 rings (SSSR count). The maximum absolute atomic E-state index is 12.9. The Balaban J connectivity index is 1.58. The van der Waals surface area contributed by atoms with Crippen LogP contribution in [0.4, 0.5) is 5.13 Å². The van der Waals surface area contributed by atoms with Gasteiger partial charge >= 0.3 is 0 Å². The van der Waals surface area contributed by atoms with Gasteiger partial charge in [0, 0.05) is 28.4 Å². The number of hydrogen-bond acceptors (Lipinski definition) is 7. The number of anilines is 1. The molecular weight excluding hydrogens is 420 g/mol. The number of nitrogens with zero attached hydrogens (tertiary/aromatic N) is 3. The fraction of sp³-hybridized carbons (Fsp3) is 0.0476. The van der Waals surface area contributed by atoms with E-state index in [0.29, 0.717) is 20.9 Å². The zero-order valence-electron chi connectivity index (χ0n) is 15.2. The second-order valence-corrected chi connectivity index (χ2v) is 8.80. The van der Waals surface area contributed by atoms with E-state index in [2.05, 4.69) is 32.4 Å². The number of amides is 1. The number of rotatable bonds is 7. The average Bonchev–Trinajstić information content (AvgIpc) is 3.27. The molecule has 0 aliphatic rings. The van der Waals surface area contributed by atoms with E-state index >= 15 is 0 Å². The van der Waals surface area contributed by atoms with Crippen molar-refractivity contribution in [1.29, 1.82) is 0 Å². The fourth-order valence-electron chi connectivity index (χ4n) is 2.44. The summed E-state index contributed by atoms with van der Waals surface area (Å²) in [6, 6.07) is 20.0. The molecule has 0 saturated heterocycles. The van der Waals surface area contributed by atoms with Gasteiger partial charge in [-0.3, -0.25) is 10.1 Å². The summed E-state index contributed by atoms with van der Waals surface area (Å²) in [5.74, 6) is 0.446. The lowest BCUT2D eigenvalue weighted by Crippen LogP contribution is -2.15. The lowest BCUT2D eigenvalue weighted by atomic mass is 10.2. The first-order valence-corrected chi connectivity index (χ1v) is 11.4. The van der Waals surface area contributed by atoms with Crippen molar-refractivity contribution in [2.24, 2.45) is 0 Å². The van der Waals surface area contributed by atoms with E-state index in [4.69, 9.17) is 0 Å². The highest BCUT2D eigenvalue weighted by atomic mass is 32.2. The fourth-order valence-corrected chi connectivity index (χ4v) is 4.62. The summed E-state index contributed by atoms with van der Waals surface area (Å²) in [5, 5.41) is 5.75. The highest BCUT2D eigenvalue weighted by molar-refractivity contribution is 7.99. The van der Waals surface area contributed by atoms with Crippen LogP contribution in [0.1, 0.15) is 16.1 Å². The van der Waals surface area contributed by atoms with E-state index in [1.54, 1.807) is 12.4 Å². The van der Waals surface area contributed by atoms with Crippen molar-refractivity contribution >= 4 is 45.9 Å². The van der Waals surface area contributed by atoms with Crippen LogP contribution in [-0.4, -0.2) is 20.9 Å². The molecule has 0 unspecified atom stereocenters. The predicted molar refractivity (Wildman–Crippen MR) is 119 cm³/mol. The minimum absolute atomic E-state index is 0.289. The third kappa shape index (κ3) is 5.44. The molecule has 0 fully saturated rings. The molecule has 144 valence electrons. The summed E-state index contributed by atoms with van der Waals surface area (Å²) in [7, 11) is 0. The number of carbonyl (C=O) groups is 1. The molecule has 0 atom stereocenters. The maximum atomic E-state index is 12.9. The summed E-state index contributed by atoms with van der Waals surface area (Å²) in [5.41, 5.74) is 1.53. The molecule has 8 heteroatoms. The highest BCUT2D eigenvalue weighted by Gasteiger charge is 2.18. The Hall–Kier alpha value is -2.68. The van der Waals surface area contributed by atoms with E-state index in [1.807, 2.05) is 53.9 Å². The number of hydrogen-bond donors (Lipinski definition) is 1. The SMILES string of the molecule is O=C(Nc1nccs1)c1nc(SCc2ccccc2)ncc1Sc1ccccc1. The van der Waals surface area contributed by atoms with Gasteiger partial charge in [0.2, 0.25) is 0 Å². The van der Waals surface area contributed by atoms with Gasteiger partial charge in [-0.1, -0.05) is 72.1 Å². The van der Waals surface area contributed by atoms with Gasteiger partial charge in [-0.05, 0) is 17.7 Å². The molecule has 0 spiro atoms. The average molecular weight is 437 g/mol. The molecule has 2 heterocycles. The van der Waals surface area contributed by atoms with Crippen LogP contribution >= 0.6 is 34.9 Å². The van der Waals surface area contributed by atoms with Gasteiger partial charge in [0.05, 0.1) is 4.90 Å².